The number of carbonyl (C=O) groups excluding carboxylic acids is 2. The van der Waals surface area contributed by atoms with Crippen molar-refractivity contribution in [2.75, 3.05) is 32.6 Å². The molecule has 2 heterocycles. The lowest BCUT2D eigenvalue weighted by Crippen LogP contribution is -2.28. The number of nitrogens with one attached hydrogen (secondary N) is 1. The van der Waals surface area contributed by atoms with Gasteiger partial charge in [-0.2, -0.15) is 4.31 Å². The van der Waals surface area contributed by atoms with Crippen molar-refractivity contribution in [1.82, 2.24) is 4.31 Å². The van der Waals surface area contributed by atoms with Crippen molar-refractivity contribution < 1.29 is 27.5 Å². The van der Waals surface area contributed by atoms with Crippen LogP contribution in [0, 0.1) is 0 Å². The van der Waals surface area contributed by atoms with Gasteiger partial charge in [0.05, 0.1) is 30.2 Å². The minimum atomic E-state index is -3.69. The number of benzene rings is 1. The molecule has 1 fully saturated rings. The van der Waals surface area contributed by atoms with E-state index in [1.807, 2.05) is 0 Å². The highest BCUT2D eigenvalue weighted by molar-refractivity contribution is 7.89. The first-order valence-corrected chi connectivity index (χ1v) is 12.8. The van der Waals surface area contributed by atoms with Crippen LogP contribution in [0.1, 0.15) is 56.8 Å². The van der Waals surface area contributed by atoms with E-state index in [0.717, 1.165) is 49.0 Å². The van der Waals surface area contributed by atoms with E-state index >= 15 is 0 Å². The number of sulfonamides is 1. The van der Waals surface area contributed by atoms with E-state index in [4.69, 9.17) is 9.47 Å². The molecule has 1 aromatic heterocycles. The zero-order chi connectivity index (χ0) is 22.9. The van der Waals surface area contributed by atoms with E-state index in [-0.39, 0.29) is 16.2 Å². The Kier molecular flexibility index (Phi) is 6.55. The van der Waals surface area contributed by atoms with Crippen LogP contribution in [0.2, 0.25) is 0 Å². The molecule has 4 rings (SSSR count). The highest BCUT2D eigenvalue weighted by atomic mass is 32.2. The minimum Gasteiger partial charge on any atom is -0.496 e. The molecule has 1 aliphatic heterocycles. The van der Waals surface area contributed by atoms with Gasteiger partial charge in [0.2, 0.25) is 10.0 Å². The Bertz CT molecular complexity index is 1150. The van der Waals surface area contributed by atoms with Gasteiger partial charge in [-0.3, -0.25) is 4.79 Å². The van der Waals surface area contributed by atoms with Crippen molar-refractivity contribution in [2.24, 2.45) is 0 Å². The molecule has 1 saturated heterocycles. The molecule has 0 radical (unpaired) electrons. The summed E-state index contributed by atoms with van der Waals surface area (Å²) < 4.78 is 37.7. The summed E-state index contributed by atoms with van der Waals surface area (Å²) in [6, 6.07) is 4.28. The summed E-state index contributed by atoms with van der Waals surface area (Å²) >= 11 is 1.37. The van der Waals surface area contributed by atoms with Crippen LogP contribution in [-0.2, 0) is 27.6 Å². The Morgan fingerprint density at radius 1 is 1.06 bits per heavy atom. The second kappa shape index (κ2) is 9.21. The monoisotopic (exact) mass is 478 g/mol. The fourth-order valence-electron chi connectivity index (χ4n) is 4.24. The number of amides is 1. The van der Waals surface area contributed by atoms with Crippen molar-refractivity contribution in [2.45, 2.75) is 43.4 Å². The maximum atomic E-state index is 13.2. The smallest absolute Gasteiger partial charge is 0.341 e. The fourth-order valence-corrected chi connectivity index (χ4v) is 7.06. The third kappa shape index (κ3) is 4.14. The molecule has 8 nitrogen and oxygen atoms in total. The molecule has 2 aromatic rings. The molecule has 0 atom stereocenters. The van der Waals surface area contributed by atoms with E-state index in [1.54, 1.807) is 0 Å². The molecule has 2 aliphatic rings. The van der Waals surface area contributed by atoms with Gasteiger partial charge in [0, 0.05) is 18.0 Å². The summed E-state index contributed by atoms with van der Waals surface area (Å²) in [5, 5.41) is 3.23. The first-order valence-electron chi connectivity index (χ1n) is 10.6. The molecule has 1 amide bonds. The lowest BCUT2D eigenvalue weighted by atomic mass is 9.95. The van der Waals surface area contributed by atoms with Crippen molar-refractivity contribution >= 4 is 38.2 Å². The van der Waals surface area contributed by atoms with Crippen LogP contribution in [-0.4, -0.2) is 51.9 Å². The number of aryl methyl sites for hydroxylation is 1. The number of fused-ring (bicyclic) bond motifs is 1. The Hall–Kier alpha value is -2.43. The molecule has 32 heavy (non-hydrogen) atoms. The molecule has 0 saturated carbocycles. The minimum absolute atomic E-state index is 0.0454. The zero-order valence-electron chi connectivity index (χ0n) is 18.1. The van der Waals surface area contributed by atoms with E-state index in [9.17, 15) is 18.0 Å². The normalized spacial score (nSPS) is 16.4. The average molecular weight is 479 g/mol. The highest BCUT2D eigenvalue weighted by Gasteiger charge is 2.30. The van der Waals surface area contributed by atoms with Gasteiger partial charge in [0.15, 0.2) is 0 Å². The van der Waals surface area contributed by atoms with E-state index < -0.39 is 21.9 Å². The number of methoxy groups -OCH3 is 2. The van der Waals surface area contributed by atoms with Crippen molar-refractivity contribution in [3.63, 3.8) is 0 Å². The number of anilines is 1. The second-order valence-corrected chi connectivity index (χ2v) is 10.9. The quantitative estimate of drug-likeness (QED) is 0.638. The van der Waals surface area contributed by atoms with Crippen LogP contribution in [0.25, 0.3) is 0 Å². The SMILES string of the molecule is COC(=O)c1c(NC(=O)c2cc(S(=O)(=O)N3CCCC3)ccc2OC)sc2c1CCCC2. The summed E-state index contributed by atoms with van der Waals surface area (Å²) in [5.74, 6) is -0.773. The predicted octanol–water partition coefficient (Wildman–Crippen LogP) is 3.46. The number of ether oxygens (including phenoxy) is 2. The van der Waals surface area contributed by atoms with Gasteiger partial charge in [0.1, 0.15) is 10.8 Å². The van der Waals surface area contributed by atoms with E-state index in [2.05, 4.69) is 5.32 Å². The number of thiophene rings is 1. The van der Waals surface area contributed by atoms with Crippen molar-refractivity contribution in [1.29, 1.82) is 0 Å². The number of carbonyl (C=O) groups is 2. The number of nitrogens with zero attached hydrogens (tertiary/aromatic N) is 1. The molecule has 10 heteroatoms. The molecular formula is C22H26N2O6S2. The topological polar surface area (TPSA) is 102 Å². The Morgan fingerprint density at radius 3 is 2.47 bits per heavy atom. The summed E-state index contributed by atoms with van der Waals surface area (Å²) in [4.78, 5) is 26.8. The molecule has 0 bridgehead atoms. The lowest BCUT2D eigenvalue weighted by molar-refractivity contribution is 0.0601. The Balaban J connectivity index is 1.69. The first-order chi connectivity index (χ1) is 15.4. The van der Waals surface area contributed by atoms with Crippen LogP contribution in [0.5, 0.6) is 5.75 Å². The summed E-state index contributed by atoms with van der Waals surface area (Å²) in [5.41, 5.74) is 1.41. The number of esters is 1. The van der Waals surface area contributed by atoms with Gasteiger partial charge in [-0.25, -0.2) is 13.2 Å². The van der Waals surface area contributed by atoms with Gasteiger partial charge in [-0.05, 0) is 62.3 Å². The summed E-state index contributed by atoms with van der Waals surface area (Å²) in [7, 11) is -0.957. The van der Waals surface area contributed by atoms with E-state index in [0.29, 0.717) is 23.7 Å². The van der Waals surface area contributed by atoms with Crippen LogP contribution in [0.3, 0.4) is 0 Å². The van der Waals surface area contributed by atoms with Gasteiger partial charge in [-0.15, -0.1) is 11.3 Å². The number of hydrogen-bond donors (Lipinski definition) is 1. The molecule has 1 N–H and O–H groups in total. The largest absolute Gasteiger partial charge is 0.496 e. The van der Waals surface area contributed by atoms with Gasteiger partial charge >= 0.3 is 5.97 Å². The van der Waals surface area contributed by atoms with E-state index in [1.165, 1.54) is 48.1 Å². The second-order valence-electron chi connectivity index (χ2n) is 7.83. The molecule has 0 spiro atoms. The summed E-state index contributed by atoms with van der Waals surface area (Å²) in [6.45, 7) is 0.943. The standard InChI is InChI=1S/C22H26N2O6S2/c1-29-17-10-9-14(32(27,28)24-11-5-6-12-24)13-16(17)20(25)23-21-19(22(26)30-2)15-7-3-4-8-18(15)31-21/h9-10,13H,3-8,11-12H2,1-2H3,(H,23,25). The lowest BCUT2D eigenvalue weighted by Gasteiger charge is -2.17. The van der Waals surface area contributed by atoms with Crippen LogP contribution in [0.15, 0.2) is 23.1 Å². The molecule has 1 aliphatic carbocycles. The maximum Gasteiger partial charge on any atom is 0.341 e. The maximum absolute atomic E-state index is 13.2. The predicted molar refractivity (Wildman–Crippen MR) is 121 cm³/mol. The third-order valence-corrected chi connectivity index (χ3v) is 9.01. The number of hydrogen-bond acceptors (Lipinski definition) is 7. The van der Waals surface area contributed by atoms with Crippen molar-refractivity contribution in [3.05, 3.63) is 39.8 Å². The Labute approximate surface area is 191 Å². The number of rotatable bonds is 6. The third-order valence-electron chi connectivity index (χ3n) is 5.91. The molecule has 0 unspecified atom stereocenters. The zero-order valence-corrected chi connectivity index (χ0v) is 19.7. The van der Waals surface area contributed by atoms with Gasteiger partial charge in [-0.1, -0.05) is 0 Å². The van der Waals surface area contributed by atoms with Crippen LogP contribution < -0.4 is 10.1 Å². The average Bonchev–Trinajstić information content (AvgIpc) is 3.46. The molecule has 1 aromatic carbocycles. The molecular weight excluding hydrogens is 452 g/mol. The fraction of sp³-hybridized carbons (Fsp3) is 0.455. The first kappa shape index (κ1) is 22.8. The Morgan fingerprint density at radius 2 is 1.78 bits per heavy atom. The van der Waals surface area contributed by atoms with Gasteiger partial charge in [0.25, 0.3) is 5.91 Å². The highest BCUT2D eigenvalue weighted by Crippen LogP contribution is 2.39. The van der Waals surface area contributed by atoms with Crippen molar-refractivity contribution in [3.8, 4) is 5.75 Å². The van der Waals surface area contributed by atoms with Crippen LogP contribution in [0.4, 0.5) is 5.00 Å². The van der Waals surface area contributed by atoms with Crippen LogP contribution >= 0.6 is 11.3 Å². The summed E-state index contributed by atoms with van der Waals surface area (Å²) in [6.07, 6.45) is 5.27. The molecule has 172 valence electrons. The van der Waals surface area contributed by atoms with Gasteiger partial charge < -0.3 is 14.8 Å².